The Kier molecular flexibility index (Phi) is 3.65. The zero-order valence-electron chi connectivity index (χ0n) is 9.44. The van der Waals surface area contributed by atoms with Crippen LogP contribution in [-0.4, -0.2) is 23.0 Å². The maximum Gasteiger partial charge on any atom is 0.408 e. The van der Waals surface area contributed by atoms with Gasteiger partial charge in [-0.05, 0) is 20.8 Å². The van der Waals surface area contributed by atoms with Crippen molar-refractivity contribution in [2.45, 2.75) is 32.9 Å². The second-order valence-electron chi connectivity index (χ2n) is 4.14. The summed E-state index contributed by atoms with van der Waals surface area (Å²) < 4.78 is 9.93. The lowest BCUT2D eigenvalue weighted by atomic mass is 10.2. The number of hydrogen-bond acceptors (Lipinski definition) is 5. The van der Waals surface area contributed by atoms with Crippen molar-refractivity contribution < 1.29 is 18.7 Å². The topological polar surface area (TPSA) is 81.4 Å². The fourth-order valence-corrected chi connectivity index (χ4v) is 0.922. The Balaban J connectivity index is 2.40. The van der Waals surface area contributed by atoms with Gasteiger partial charge in [-0.3, -0.25) is 4.79 Å². The van der Waals surface area contributed by atoms with E-state index in [2.05, 4.69) is 10.3 Å². The lowest BCUT2D eigenvalue weighted by molar-refractivity contribution is 0.0519. The number of amides is 1. The lowest BCUT2D eigenvalue weighted by Gasteiger charge is -2.19. The van der Waals surface area contributed by atoms with Crippen LogP contribution in [0.3, 0.4) is 0 Å². The van der Waals surface area contributed by atoms with E-state index in [9.17, 15) is 9.59 Å². The van der Waals surface area contributed by atoms with E-state index in [1.807, 2.05) is 0 Å². The molecule has 1 aromatic rings. The molecule has 6 nitrogen and oxygen atoms in total. The number of aromatic nitrogens is 1. The minimum atomic E-state index is -0.557. The number of carbonyl (C=O) groups is 2. The van der Waals surface area contributed by atoms with Gasteiger partial charge < -0.3 is 14.5 Å². The fourth-order valence-electron chi connectivity index (χ4n) is 0.922. The number of aldehydes is 1. The summed E-state index contributed by atoms with van der Waals surface area (Å²) in [5, 5.41) is 2.46. The van der Waals surface area contributed by atoms with Crippen molar-refractivity contribution in [3.8, 4) is 0 Å². The number of nitrogens with zero attached hydrogens (tertiary/aromatic N) is 1. The third-order valence-electron chi connectivity index (χ3n) is 1.47. The molecule has 88 valence electrons. The molecule has 6 heteroatoms. The summed E-state index contributed by atoms with van der Waals surface area (Å²) in [5.41, 5.74) is -0.352. The molecule has 0 saturated heterocycles. The number of alkyl carbamates (subject to hydrolysis) is 1. The third kappa shape index (κ3) is 4.12. The monoisotopic (exact) mass is 226 g/mol. The van der Waals surface area contributed by atoms with Crippen molar-refractivity contribution in [3.63, 3.8) is 0 Å². The summed E-state index contributed by atoms with van der Waals surface area (Å²) in [6.07, 6.45) is 1.23. The minimum absolute atomic E-state index is 0.0861. The number of nitrogens with one attached hydrogen (secondary N) is 1. The van der Waals surface area contributed by atoms with Gasteiger partial charge in [-0.15, -0.1) is 0 Å². The summed E-state index contributed by atoms with van der Waals surface area (Å²) in [5.74, 6) is 0.257. The van der Waals surface area contributed by atoms with Crippen molar-refractivity contribution in [3.05, 3.63) is 17.8 Å². The largest absolute Gasteiger partial charge is 0.446 e. The minimum Gasteiger partial charge on any atom is -0.446 e. The number of hydrogen-bond donors (Lipinski definition) is 1. The molecule has 0 aliphatic carbocycles. The van der Waals surface area contributed by atoms with Crippen molar-refractivity contribution in [2.75, 3.05) is 0 Å². The first-order chi connectivity index (χ1) is 7.40. The summed E-state index contributed by atoms with van der Waals surface area (Å²) >= 11 is 0. The molecular formula is C10H14N2O4. The van der Waals surface area contributed by atoms with Gasteiger partial charge in [0.1, 0.15) is 17.6 Å². The Morgan fingerprint density at radius 2 is 2.31 bits per heavy atom. The van der Waals surface area contributed by atoms with Crippen LogP contribution in [0.2, 0.25) is 0 Å². The van der Waals surface area contributed by atoms with Crippen LogP contribution in [-0.2, 0) is 11.3 Å². The van der Waals surface area contributed by atoms with E-state index in [4.69, 9.17) is 9.15 Å². The lowest BCUT2D eigenvalue weighted by Crippen LogP contribution is -2.32. The quantitative estimate of drug-likeness (QED) is 0.790. The molecule has 0 radical (unpaired) electrons. The van der Waals surface area contributed by atoms with E-state index in [1.54, 1.807) is 20.8 Å². The molecule has 0 aliphatic heterocycles. The number of oxazole rings is 1. The average Bonchev–Trinajstić information content (AvgIpc) is 2.59. The maximum atomic E-state index is 11.2. The van der Waals surface area contributed by atoms with E-state index in [1.165, 1.54) is 6.26 Å². The van der Waals surface area contributed by atoms with Crippen LogP contribution in [0.5, 0.6) is 0 Å². The van der Waals surface area contributed by atoms with Gasteiger partial charge in [0.2, 0.25) is 5.89 Å². The Morgan fingerprint density at radius 1 is 1.62 bits per heavy atom. The van der Waals surface area contributed by atoms with Crippen LogP contribution >= 0.6 is 0 Å². The van der Waals surface area contributed by atoms with Gasteiger partial charge in [0.25, 0.3) is 0 Å². The molecule has 1 aromatic heterocycles. The van der Waals surface area contributed by atoms with Crippen LogP contribution < -0.4 is 5.32 Å². The standard InChI is InChI=1S/C10H14N2O4/c1-10(2,3)16-9(14)11-4-8-12-7(5-13)6-15-8/h5-6H,4H2,1-3H3,(H,11,14). The van der Waals surface area contributed by atoms with E-state index in [-0.39, 0.29) is 18.1 Å². The van der Waals surface area contributed by atoms with Gasteiger partial charge in [0, 0.05) is 0 Å². The van der Waals surface area contributed by atoms with E-state index in [0.29, 0.717) is 6.29 Å². The highest BCUT2D eigenvalue weighted by molar-refractivity contribution is 5.71. The Hall–Kier alpha value is -1.85. The smallest absolute Gasteiger partial charge is 0.408 e. The van der Waals surface area contributed by atoms with Crippen LogP contribution in [0, 0.1) is 0 Å². The van der Waals surface area contributed by atoms with Crippen LogP contribution in [0.25, 0.3) is 0 Å². The van der Waals surface area contributed by atoms with Gasteiger partial charge in [0.05, 0.1) is 6.54 Å². The molecule has 0 aliphatic rings. The highest BCUT2D eigenvalue weighted by atomic mass is 16.6. The average molecular weight is 226 g/mol. The van der Waals surface area contributed by atoms with Crippen molar-refractivity contribution in [1.82, 2.24) is 10.3 Å². The molecule has 0 aromatic carbocycles. The molecule has 1 heterocycles. The number of ether oxygens (including phenoxy) is 1. The van der Waals surface area contributed by atoms with Crippen molar-refractivity contribution in [1.29, 1.82) is 0 Å². The van der Waals surface area contributed by atoms with Gasteiger partial charge in [-0.1, -0.05) is 0 Å². The summed E-state index contributed by atoms with van der Waals surface area (Å²) in [7, 11) is 0. The summed E-state index contributed by atoms with van der Waals surface area (Å²) in [6.45, 7) is 5.38. The molecule has 0 fully saturated rings. The normalized spacial score (nSPS) is 10.9. The Bertz CT molecular complexity index is 378. The first kappa shape index (κ1) is 12.2. The molecule has 0 atom stereocenters. The number of carbonyl (C=O) groups excluding carboxylic acids is 2. The number of rotatable bonds is 3. The SMILES string of the molecule is CC(C)(C)OC(=O)NCc1nc(C=O)co1. The predicted octanol–water partition coefficient (Wildman–Crippen LogP) is 1.51. The highest BCUT2D eigenvalue weighted by Crippen LogP contribution is 2.07. The fraction of sp³-hybridized carbons (Fsp3) is 0.500. The van der Waals surface area contributed by atoms with E-state index in [0.717, 1.165) is 0 Å². The van der Waals surface area contributed by atoms with E-state index < -0.39 is 11.7 Å². The molecule has 16 heavy (non-hydrogen) atoms. The van der Waals surface area contributed by atoms with Gasteiger partial charge in [-0.2, -0.15) is 0 Å². The molecule has 0 bridgehead atoms. The highest BCUT2D eigenvalue weighted by Gasteiger charge is 2.16. The third-order valence-corrected chi connectivity index (χ3v) is 1.47. The molecule has 1 amide bonds. The second kappa shape index (κ2) is 4.78. The zero-order chi connectivity index (χ0) is 12.2. The van der Waals surface area contributed by atoms with Crippen LogP contribution in [0.4, 0.5) is 4.79 Å². The first-order valence-corrected chi connectivity index (χ1v) is 4.77. The maximum absolute atomic E-state index is 11.2. The van der Waals surface area contributed by atoms with Crippen molar-refractivity contribution in [2.24, 2.45) is 0 Å². The van der Waals surface area contributed by atoms with Crippen LogP contribution in [0.15, 0.2) is 10.7 Å². The Morgan fingerprint density at radius 3 is 2.81 bits per heavy atom. The summed E-state index contributed by atoms with van der Waals surface area (Å²) in [4.78, 5) is 25.3. The molecule has 0 saturated carbocycles. The van der Waals surface area contributed by atoms with Gasteiger partial charge in [0.15, 0.2) is 6.29 Å². The van der Waals surface area contributed by atoms with Gasteiger partial charge in [-0.25, -0.2) is 9.78 Å². The molecular weight excluding hydrogens is 212 g/mol. The molecule has 1 rings (SSSR count). The zero-order valence-corrected chi connectivity index (χ0v) is 9.44. The second-order valence-corrected chi connectivity index (χ2v) is 4.14. The Labute approximate surface area is 93.0 Å². The van der Waals surface area contributed by atoms with E-state index >= 15 is 0 Å². The van der Waals surface area contributed by atoms with Crippen molar-refractivity contribution >= 4 is 12.4 Å². The predicted molar refractivity (Wildman–Crippen MR) is 55.0 cm³/mol. The molecule has 0 unspecified atom stereocenters. The first-order valence-electron chi connectivity index (χ1n) is 4.77. The summed E-state index contributed by atoms with van der Waals surface area (Å²) in [6, 6.07) is 0. The van der Waals surface area contributed by atoms with Crippen LogP contribution in [0.1, 0.15) is 37.2 Å². The van der Waals surface area contributed by atoms with Gasteiger partial charge >= 0.3 is 6.09 Å². The molecule has 0 spiro atoms. The molecule has 1 N–H and O–H groups in total.